The van der Waals surface area contributed by atoms with Crippen LogP contribution in [0.5, 0.6) is 5.75 Å². The lowest BCUT2D eigenvalue weighted by Gasteiger charge is -2.21. The van der Waals surface area contributed by atoms with Gasteiger partial charge in [0.15, 0.2) is 0 Å². The van der Waals surface area contributed by atoms with Crippen molar-refractivity contribution >= 4 is 10.0 Å². The van der Waals surface area contributed by atoms with Crippen LogP contribution >= 0.6 is 0 Å². The van der Waals surface area contributed by atoms with Crippen molar-refractivity contribution in [3.8, 4) is 5.75 Å². The van der Waals surface area contributed by atoms with E-state index in [9.17, 15) is 34.8 Å². The minimum atomic E-state index is -4.95. The highest BCUT2D eigenvalue weighted by atomic mass is 32.2. The highest BCUT2D eigenvalue weighted by Crippen LogP contribution is 2.31. The fourth-order valence-corrected chi connectivity index (χ4v) is 3.44. The van der Waals surface area contributed by atoms with Crippen LogP contribution in [-0.4, -0.2) is 21.0 Å². The molecule has 0 saturated heterocycles. The summed E-state index contributed by atoms with van der Waals surface area (Å²) in [4.78, 5) is -0.500. The molecule has 2 aromatic rings. The second-order valence-corrected chi connectivity index (χ2v) is 7.14. The molecule has 0 bridgehead atoms. The van der Waals surface area contributed by atoms with Gasteiger partial charge in [-0.2, -0.15) is 13.2 Å². The molecular formula is C16H13F6NO3S. The summed E-state index contributed by atoms with van der Waals surface area (Å²) < 4.78 is 105. The molecule has 2 aromatic carbocycles. The molecule has 0 unspecified atom stereocenters. The smallest absolute Gasteiger partial charge is 0.406 e. The van der Waals surface area contributed by atoms with E-state index < -0.39 is 45.7 Å². The summed E-state index contributed by atoms with van der Waals surface area (Å²) >= 11 is 0. The molecule has 0 aliphatic carbocycles. The Morgan fingerprint density at radius 2 is 1.44 bits per heavy atom. The second kappa shape index (κ2) is 7.77. The SMILES string of the molecule is O=S(=O)(N[C@@H](CC(F)(F)F)c1ccccc1)c1ccc(OC(F)(F)F)cc1. The molecule has 148 valence electrons. The Kier molecular flexibility index (Phi) is 6.05. The minimum Gasteiger partial charge on any atom is -0.406 e. The molecule has 2 rings (SSSR count). The van der Waals surface area contributed by atoms with E-state index in [1.54, 1.807) is 6.07 Å². The number of benzene rings is 2. The molecule has 0 aliphatic rings. The summed E-state index contributed by atoms with van der Waals surface area (Å²) in [6, 6.07) is 8.65. The van der Waals surface area contributed by atoms with Crippen LogP contribution in [0, 0.1) is 0 Å². The Hall–Kier alpha value is -2.27. The first kappa shape index (κ1) is 21.0. The Labute approximate surface area is 150 Å². The molecule has 27 heavy (non-hydrogen) atoms. The molecule has 0 aromatic heterocycles. The third-order valence-electron chi connectivity index (χ3n) is 3.30. The van der Waals surface area contributed by atoms with Crippen LogP contribution < -0.4 is 9.46 Å². The first-order chi connectivity index (χ1) is 12.4. The highest BCUT2D eigenvalue weighted by Gasteiger charge is 2.35. The van der Waals surface area contributed by atoms with Crippen LogP contribution in [0.25, 0.3) is 0 Å². The number of halogens is 6. The topological polar surface area (TPSA) is 55.4 Å². The molecular weight excluding hydrogens is 400 g/mol. The Morgan fingerprint density at radius 1 is 0.889 bits per heavy atom. The quantitative estimate of drug-likeness (QED) is 0.707. The monoisotopic (exact) mass is 413 g/mol. The Bertz CT molecular complexity index is 848. The first-order valence-corrected chi connectivity index (χ1v) is 8.84. The highest BCUT2D eigenvalue weighted by molar-refractivity contribution is 7.89. The zero-order chi connectivity index (χ0) is 20.3. The number of alkyl halides is 6. The third kappa shape index (κ3) is 6.75. The maximum Gasteiger partial charge on any atom is 0.573 e. The second-order valence-electron chi connectivity index (χ2n) is 5.42. The van der Waals surface area contributed by atoms with Crippen LogP contribution in [-0.2, 0) is 10.0 Å². The van der Waals surface area contributed by atoms with Gasteiger partial charge in [-0.15, -0.1) is 13.2 Å². The van der Waals surface area contributed by atoms with Gasteiger partial charge in [-0.05, 0) is 29.8 Å². The Morgan fingerprint density at radius 3 is 1.93 bits per heavy atom. The summed E-state index contributed by atoms with van der Waals surface area (Å²) in [7, 11) is -4.43. The van der Waals surface area contributed by atoms with Gasteiger partial charge < -0.3 is 4.74 Å². The standard InChI is InChI=1S/C16H13F6NO3S/c17-15(18,19)10-14(11-4-2-1-3-5-11)23-27(24,25)13-8-6-12(7-9-13)26-16(20,21)22/h1-9,14,23H,10H2/t14-/m0/s1. The van der Waals surface area contributed by atoms with Crippen LogP contribution in [0.15, 0.2) is 59.5 Å². The van der Waals surface area contributed by atoms with Gasteiger partial charge in [0.1, 0.15) is 5.75 Å². The van der Waals surface area contributed by atoms with E-state index in [0.29, 0.717) is 0 Å². The van der Waals surface area contributed by atoms with Crippen LogP contribution in [0.4, 0.5) is 26.3 Å². The summed E-state index contributed by atoms with van der Waals surface area (Å²) in [5.74, 6) is -0.656. The van der Waals surface area contributed by atoms with Gasteiger partial charge in [0.25, 0.3) is 0 Å². The third-order valence-corrected chi connectivity index (χ3v) is 4.79. The summed E-state index contributed by atoms with van der Waals surface area (Å²) in [5, 5.41) is 0. The van der Waals surface area contributed by atoms with Crippen molar-refractivity contribution in [2.75, 3.05) is 0 Å². The summed E-state index contributed by atoms with van der Waals surface area (Å²) in [5.41, 5.74) is 0.0930. The van der Waals surface area contributed by atoms with Gasteiger partial charge in [0, 0.05) is 0 Å². The van der Waals surface area contributed by atoms with Gasteiger partial charge in [0.05, 0.1) is 17.4 Å². The minimum absolute atomic E-state index is 0.0930. The van der Waals surface area contributed by atoms with Crippen molar-refractivity contribution < 1.29 is 39.5 Å². The van der Waals surface area contributed by atoms with Crippen LogP contribution in [0.2, 0.25) is 0 Å². The first-order valence-electron chi connectivity index (χ1n) is 7.35. The fraction of sp³-hybridized carbons (Fsp3) is 0.250. The average Bonchev–Trinajstić information content (AvgIpc) is 2.52. The van der Waals surface area contributed by atoms with Gasteiger partial charge in [-0.1, -0.05) is 30.3 Å². The van der Waals surface area contributed by atoms with Gasteiger partial charge in [-0.3, -0.25) is 0 Å². The molecule has 0 amide bonds. The van der Waals surface area contributed by atoms with Crippen LogP contribution in [0.1, 0.15) is 18.0 Å². The van der Waals surface area contributed by atoms with Crippen molar-refractivity contribution in [2.45, 2.75) is 29.9 Å². The molecule has 1 N–H and O–H groups in total. The molecule has 4 nitrogen and oxygen atoms in total. The summed E-state index contributed by atoms with van der Waals surface area (Å²) in [6.07, 6.45) is -11.1. The predicted octanol–water partition coefficient (Wildman–Crippen LogP) is 4.56. The maximum absolute atomic E-state index is 12.8. The largest absolute Gasteiger partial charge is 0.573 e. The average molecular weight is 413 g/mol. The van der Waals surface area contributed by atoms with E-state index in [-0.39, 0.29) is 5.56 Å². The molecule has 0 spiro atoms. The molecule has 0 fully saturated rings. The maximum atomic E-state index is 12.8. The molecule has 0 saturated carbocycles. The zero-order valence-electron chi connectivity index (χ0n) is 13.4. The molecule has 0 aliphatic heterocycles. The van der Waals surface area contributed by atoms with Crippen LogP contribution in [0.3, 0.4) is 0 Å². The van der Waals surface area contributed by atoms with E-state index in [4.69, 9.17) is 0 Å². The number of nitrogens with one attached hydrogen (secondary N) is 1. The van der Waals surface area contributed by atoms with E-state index in [0.717, 1.165) is 24.3 Å². The molecule has 1 atom stereocenters. The Balaban J connectivity index is 2.25. The lowest BCUT2D eigenvalue weighted by Crippen LogP contribution is -2.32. The van der Waals surface area contributed by atoms with Crippen molar-refractivity contribution in [1.82, 2.24) is 4.72 Å². The van der Waals surface area contributed by atoms with Crippen molar-refractivity contribution in [3.63, 3.8) is 0 Å². The van der Waals surface area contributed by atoms with E-state index in [1.165, 1.54) is 24.3 Å². The van der Waals surface area contributed by atoms with E-state index in [1.807, 2.05) is 4.72 Å². The fourth-order valence-electron chi connectivity index (χ4n) is 2.22. The lowest BCUT2D eigenvalue weighted by atomic mass is 10.1. The number of sulfonamides is 1. The van der Waals surface area contributed by atoms with Gasteiger partial charge in [-0.25, -0.2) is 13.1 Å². The number of rotatable bonds is 6. The normalized spacial score (nSPS) is 14.0. The van der Waals surface area contributed by atoms with Crippen molar-refractivity contribution in [3.05, 3.63) is 60.2 Å². The van der Waals surface area contributed by atoms with Crippen molar-refractivity contribution in [1.29, 1.82) is 0 Å². The van der Waals surface area contributed by atoms with Gasteiger partial charge >= 0.3 is 12.5 Å². The predicted molar refractivity (Wildman–Crippen MR) is 83.3 cm³/mol. The molecule has 0 radical (unpaired) electrons. The number of ether oxygens (including phenoxy) is 1. The zero-order valence-corrected chi connectivity index (χ0v) is 14.2. The lowest BCUT2D eigenvalue weighted by molar-refractivity contribution is -0.274. The molecule has 0 heterocycles. The summed E-state index contributed by atoms with van der Waals surface area (Å²) in [6.45, 7) is 0. The number of hydrogen-bond donors (Lipinski definition) is 1. The number of hydrogen-bond acceptors (Lipinski definition) is 3. The van der Waals surface area contributed by atoms with E-state index in [2.05, 4.69) is 4.74 Å². The van der Waals surface area contributed by atoms with E-state index >= 15 is 0 Å². The molecule has 11 heteroatoms. The van der Waals surface area contributed by atoms with Crippen molar-refractivity contribution in [2.24, 2.45) is 0 Å². The van der Waals surface area contributed by atoms with Gasteiger partial charge in [0.2, 0.25) is 10.0 Å².